The van der Waals surface area contributed by atoms with Crippen LogP contribution in [-0.2, 0) is 38.9 Å². The highest BCUT2D eigenvalue weighted by Crippen LogP contribution is 2.44. The lowest BCUT2D eigenvalue weighted by atomic mass is 9.96. The van der Waals surface area contributed by atoms with Crippen molar-refractivity contribution in [1.29, 1.82) is 0 Å². The smallest absolute Gasteiger partial charge is 0.284 e. The molecular formula is C75H79BrCl2N18O8. The number of aromatic nitrogens is 6. The zero-order valence-electron chi connectivity index (χ0n) is 57.7. The number of anilines is 4. The molecule has 2 aliphatic carbocycles. The third kappa shape index (κ3) is 13.0. The van der Waals surface area contributed by atoms with Crippen molar-refractivity contribution in [2.75, 3.05) is 59.3 Å². The van der Waals surface area contributed by atoms with Gasteiger partial charge < -0.3 is 40.3 Å². The number of hydrogen-bond donors (Lipinski definition) is 5. The van der Waals surface area contributed by atoms with E-state index in [0.717, 1.165) is 91.3 Å². The predicted octanol–water partition coefficient (Wildman–Crippen LogP) is 11.0. The van der Waals surface area contributed by atoms with Crippen LogP contribution in [0.2, 0.25) is 10.0 Å². The minimum atomic E-state index is -0.700. The Kier molecular flexibility index (Phi) is 19.4. The monoisotopic (exact) mass is 1510 g/mol. The van der Waals surface area contributed by atoms with E-state index in [4.69, 9.17) is 53.6 Å². The summed E-state index contributed by atoms with van der Waals surface area (Å²) in [7, 11) is 0. The second-order valence-electron chi connectivity index (χ2n) is 27.2. The summed E-state index contributed by atoms with van der Waals surface area (Å²) in [6.07, 6.45) is 12.7. The van der Waals surface area contributed by atoms with Crippen LogP contribution in [0, 0.1) is 0 Å². The molecule has 29 heteroatoms. The summed E-state index contributed by atoms with van der Waals surface area (Å²) in [5, 5.41) is 36.5. The summed E-state index contributed by atoms with van der Waals surface area (Å²) in [6, 6.07) is 35.2. The summed E-state index contributed by atoms with van der Waals surface area (Å²) in [5.41, 5.74) is 13.0. The molecule has 4 amide bonds. The Morgan fingerprint density at radius 3 is 1.80 bits per heavy atom. The number of nitrogens with one attached hydrogen (secondary N) is 1. The van der Waals surface area contributed by atoms with Crippen molar-refractivity contribution in [1.82, 2.24) is 43.4 Å². The Morgan fingerprint density at radius 1 is 0.625 bits per heavy atom. The van der Waals surface area contributed by atoms with Crippen molar-refractivity contribution >= 4 is 110 Å². The van der Waals surface area contributed by atoms with Crippen molar-refractivity contribution in [3.63, 3.8) is 0 Å². The number of fused-ring (bicyclic) bond motifs is 12. The van der Waals surface area contributed by atoms with E-state index in [9.17, 15) is 34.6 Å². The second kappa shape index (κ2) is 29.1. The molecular weight excluding hydrogens is 1430 g/mol. The van der Waals surface area contributed by atoms with Crippen LogP contribution in [0.4, 0.5) is 23.4 Å². The van der Waals surface area contributed by atoms with E-state index >= 15 is 0 Å². The topological polar surface area (TPSA) is 299 Å². The fourth-order valence-electron chi connectivity index (χ4n) is 15.7. The summed E-state index contributed by atoms with van der Waals surface area (Å²) in [5.74, 6) is 4.37. The summed E-state index contributed by atoms with van der Waals surface area (Å²) < 4.78 is 11.6. The lowest BCUT2D eigenvalue weighted by Gasteiger charge is -2.35. The van der Waals surface area contributed by atoms with Crippen molar-refractivity contribution in [2.24, 2.45) is 25.9 Å². The fourth-order valence-corrected chi connectivity index (χ4v) is 16.7. The standard InChI is InChI=1S/C26H25ClN6O3.C25H31BrN6O2.C24H23ClN6O3/c1-2-31-25(35)20-23(33-14-18(29-26(31)33)11-15-6-4-3-5-7-15)30-24(22(28)34)32(20)13-16-10-17-8-9-36-21(17)19(27)12-16;1-2-30-23(34)21-22(32-19-10-6-9-18(19)28-25(30)32)29-24(27-16-7-4-3-5-8-16)31(21)14-15-11-12-20(33)17(26)13-15;1-2-29-23(33)21-22(31-14-17(27-24(29)31)10-15-6-4-3-5-7-15)28-20(12-26-34)30(21)13-16-8-9-19(32)18(25)11-16/h3-7,10,12,18H,2,8-9,11,13-14H2,1H3,(H2,28,34);11-13,16,18-19,33H,2-10,14H2,1H3,(H,27,29);3-9,11-12,17,32,34H,2,10,13-14H2,1H3/b;;26-12+/t18-;18-,19+;17-/m111/s1. The van der Waals surface area contributed by atoms with Crippen LogP contribution in [0.15, 0.2) is 134 Å². The van der Waals surface area contributed by atoms with Gasteiger partial charge in [-0.3, -0.25) is 53.1 Å². The molecule has 0 spiro atoms. The number of imidazole rings is 3. The van der Waals surface area contributed by atoms with Crippen LogP contribution < -0.4 is 30.5 Å². The Bertz CT molecular complexity index is 4820. The highest BCUT2D eigenvalue weighted by molar-refractivity contribution is 9.10. The van der Waals surface area contributed by atoms with Crippen molar-refractivity contribution in [3.05, 3.63) is 186 Å². The molecule has 4 atom stereocenters. The molecule has 3 aromatic heterocycles. The van der Waals surface area contributed by atoms with E-state index in [2.05, 4.69) is 65.5 Å². The number of nitrogens with zero attached hydrogens (tertiary/aromatic N) is 16. The van der Waals surface area contributed by atoms with E-state index < -0.39 is 5.91 Å². The highest BCUT2D eigenvalue weighted by Gasteiger charge is 2.51. The number of phenols is 2. The maximum atomic E-state index is 13.8. The summed E-state index contributed by atoms with van der Waals surface area (Å²) >= 11 is 16.0. The molecule has 0 bridgehead atoms. The highest BCUT2D eigenvalue weighted by atomic mass is 79.9. The number of hydrogen-bond acceptors (Lipinski definition) is 19. The molecule has 2 fully saturated rings. The minimum absolute atomic E-state index is 0.0224. The molecule has 104 heavy (non-hydrogen) atoms. The van der Waals surface area contributed by atoms with Crippen LogP contribution >= 0.6 is 39.1 Å². The molecule has 7 aliphatic heterocycles. The predicted molar refractivity (Wildman–Crippen MR) is 401 cm³/mol. The number of aliphatic imine (C=N–C) groups is 3. The Labute approximate surface area is 618 Å². The number of phenolic OH excluding ortho intramolecular Hbond substituents is 2. The number of oxime groups is 1. The van der Waals surface area contributed by atoms with Gasteiger partial charge in [0, 0.05) is 32.1 Å². The third-order valence-electron chi connectivity index (χ3n) is 20.6. The summed E-state index contributed by atoms with van der Waals surface area (Å²) in [6.45, 7) is 9.98. The number of primary amides is 1. The van der Waals surface area contributed by atoms with E-state index in [1.807, 2.05) is 94.6 Å². The van der Waals surface area contributed by atoms with Crippen molar-refractivity contribution in [3.8, 4) is 17.2 Å². The molecule has 6 N–H and O–H groups in total. The van der Waals surface area contributed by atoms with Gasteiger partial charge >= 0.3 is 0 Å². The van der Waals surface area contributed by atoms with E-state index in [-0.39, 0.29) is 77.3 Å². The molecule has 26 nitrogen and oxygen atoms in total. The average Bonchev–Trinajstić information content (AvgIpc) is 1.58. The zero-order chi connectivity index (χ0) is 72.2. The molecule has 9 aliphatic rings. The zero-order valence-corrected chi connectivity index (χ0v) is 60.8. The fraction of sp³-hybridized carbons (Fsp3) is 0.373. The van der Waals surface area contributed by atoms with Gasteiger partial charge in [-0.15, -0.1) is 0 Å². The molecule has 5 aromatic carbocycles. The molecule has 2 saturated carbocycles. The Balaban J connectivity index is 0.000000126. The molecule has 17 rings (SSSR count). The largest absolute Gasteiger partial charge is 0.507 e. The van der Waals surface area contributed by atoms with E-state index in [0.29, 0.717) is 114 Å². The molecule has 10 heterocycles. The number of nitrogens with two attached hydrogens (primary N) is 1. The number of guanidine groups is 3. The van der Waals surface area contributed by atoms with Gasteiger partial charge in [0.25, 0.3) is 23.6 Å². The van der Waals surface area contributed by atoms with Crippen LogP contribution in [0.5, 0.6) is 17.2 Å². The number of aromatic hydroxyl groups is 2. The van der Waals surface area contributed by atoms with Crippen LogP contribution in [0.3, 0.4) is 0 Å². The van der Waals surface area contributed by atoms with Gasteiger partial charge in [-0.05, 0) is 145 Å². The van der Waals surface area contributed by atoms with Crippen molar-refractivity contribution in [2.45, 2.75) is 141 Å². The van der Waals surface area contributed by atoms with Gasteiger partial charge in [0.15, 0.2) is 40.4 Å². The van der Waals surface area contributed by atoms with Crippen LogP contribution in [0.25, 0.3) is 0 Å². The maximum Gasteiger partial charge on any atom is 0.284 e. The Hall–Kier alpha value is -10.3. The molecule has 0 saturated heterocycles. The van der Waals surface area contributed by atoms with Gasteiger partial charge in [-0.1, -0.05) is 126 Å². The van der Waals surface area contributed by atoms with Crippen LogP contribution in [0.1, 0.15) is 153 Å². The third-order valence-corrected chi connectivity index (χ3v) is 21.8. The first-order valence-corrected chi connectivity index (χ1v) is 37.1. The normalized spacial score (nSPS) is 19.8. The van der Waals surface area contributed by atoms with Crippen LogP contribution in [-0.4, -0.2) is 176 Å². The van der Waals surface area contributed by atoms with E-state index in [1.54, 1.807) is 43.2 Å². The number of amides is 4. The molecule has 8 aromatic rings. The number of ether oxygens (including phenoxy) is 1. The Morgan fingerprint density at radius 2 is 1.19 bits per heavy atom. The quantitative estimate of drug-likeness (QED) is 0.0322. The van der Waals surface area contributed by atoms with Gasteiger partial charge in [-0.25, -0.2) is 24.9 Å². The van der Waals surface area contributed by atoms with Gasteiger partial charge in [0.1, 0.15) is 23.5 Å². The van der Waals surface area contributed by atoms with Gasteiger partial charge in [0.2, 0.25) is 29.7 Å². The minimum Gasteiger partial charge on any atom is -0.507 e. The number of carbonyl (C=O) groups is 4. The SMILES string of the molecule is CCN1C(=O)c2c(nc(/C=N/O)n2Cc2ccc(O)c(Cl)c2)N2C[C@@H](Cc3ccccc3)N=C12.CCN1C(=O)c2c(nc(C(N)=O)n2Cc2cc(Cl)c3c(c2)CCO3)N2C[C@@H](Cc3ccccc3)N=C12.CCN1C(=O)c2c(nc(NC3CCCCC3)n2Cc2ccc(O)c(Br)c2)N2C1=N[C@@H]1CCC[C@@H]12. The second-order valence-corrected chi connectivity index (χ2v) is 28.9. The summed E-state index contributed by atoms with van der Waals surface area (Å²) in [4.78, 5) is 93.9. The average molecular weight is 1510 g/mol. The van der Waals surface area contributed by atoms with Gasteiger partial charge in [-0.2, -0.15) is 4.98 Å². The molecule has 0 radical (unpaired) electrons. The number of halogens is 3. The first-order chi connectivity index (χ1) is 50.5. The lowest BCUT2D eigenvalue weighted by molar-refractivity contribution is 0.0827. The first kappa shape index (κ1) is 69.5. The molecule has 0 unspecified atom stereocenters. The van der Waals surface area contributed by atoms with Crippen molar-refractivity contribution < 1.29 is 39.3 Å². The van der Waals surface area contributed by atoms with E-state index in [1.165, 1.54) is 42.7 Å². The first-order valence-electron chi connectivity index (χ1n) is 35.5. The number of benzene rings is 5. The number of carbonyl (C=O) groups excluding carboxylic acids is 4. The molecule has 538 valence electrons. The number of rotatable bonds is 17. The maximum absolute atomic E-state index is 13.8. The van der Waals surface area contributed by atoms with Gasteiger partial charge in [0.05, 0.1) is 78.0 Å². The lowest BCUT2D eigenvalue weighted by Crippen LogP contribution is -2.53.